The van der Waals surface area contributed by atoms with Gasteiger partial charge in [0.05, 0.1) is 5.56 Å². The van der Waals surface area contributed by atoms with Gasteiger partial charge >= 0.3 is 5.97 Å². The van der Waals surface area contributed by atoms with Crippen LogP contribution in [0.3, 0.4) is 0 Å². The van der Waals surface area contributed by atoms with Crippen LogP contribution in [-0.2, 0) is 11.3 Å². The van der Waals surface area contributed by atoms with Gasteiger partial charge in [-0.15, -0.1) is 0 Å². The molecule has 2 nitrogen and oxygen atoms in total. The summed E-state index contributed by atoms with van der Waals surface area (Å²) in [5.41, 5.74) is 0.0629. The molecular weight excluding hydrogens is 318 g/mol. The second kappa shape index (κ2) is 5.93. The van der Waals surface area contributed by atoms with E-state index in [9.17, 15) is 13.6 Å². The zero-order chi connectivity index (χ0) is 13.8. The number of esters is 1. The Hall–Kier alpha value is -1.75. The Balaban J connectivity index is 2.08. The van der Waals surface area contributed by atoms with E-state index in [0.717, 1.165) is 0 Å². The third-order valence-corrected chi connectivity index (χ3v) is 2.96. The minimum atomic E-state index is -0.826. The van der Waals surface area contributed by atoms with Crippen molar-refractivity contribution in [3.63, 3.8) is 0 Å². The average molecular weight is 327 g/mol. The molecule has 0 N–H and O–H groups in total. The summed E-state index contributed by atoms with van der Waals surface area (Å²) in [6.07, 6.45) is 0. The fraction of sp³-hybridized carbons (Fsp3) is 0.0714. The molecule has 0 saturated heterocycles. The lowest BCUT2D eigenvalue weighted by molar-refractivity contribution is 0.0463. The first-order valence-electron chi connectivity index (χ1n) is 5.43. The maximum atomic E-state index is 13.5. The van der Waals surface area contributed by atoms with Crippen LogP contribution in [-0.4, -0.2) is 5.97 Å². The predicted molar refractivity (Wildman–Crippen MR) is 69.6 cm³/mol. The lowest BCUT2D eigenvalue weighted by Gasteiger charge is -2.06. The quantitative estimate of drug-likeness (QED) is 0.794. The van der Waals surface area contributed by atoms with Crippen LogP contribution >= 0.6 is 15.9 Å². The molecule has 2 aromatic carbocycles. The molecule has 2 rings (SSSR count). The van der Waals surface area contributed by atoms with Crippen LogP contribution < -0.4 is 0 Å². The van der Waals surface area contributed by atoms with E-state index < -0.39 is 17.6 Å². The fourth-order valence-corrected chi connectivity index (χ4v) is 1.82. The lowest BCUT2D eigenvalue weighted by Crippen LogP contribution is -2.08. The van der Waals surface area contributed by atoms with Crippen molar-refractivity contribution < 1.29 is 18.3 Å². The van der Waals surface area contributed by atoms with Gasteiger partial charge in [-0.1, -0.05) is 34.1 Å². The highest BCUT2D eigenvalue weighted by Crippen LogP contribution is 2.17. The summed E-state index contributed by atoms with van der Waals surface area (Å²) in [6, 6.07) is 9.94. The number of benzene rings is 2. The van der Waals surface area contributed by atoms with Crippen LogP contribution in [0.25, 0.3) is 0 Å². The SMILES string of the molecule is O=C(OCc1ccccc1F)c1ccc(Br)cc1F. The lowest BCUT2D eigenvalue weighted by atomic mass is 10.2. The van der Waals surface area contributed by atoms with Gasteiger partial charge in [0.15, 0.2) is 0 Å². The highest BCUT2D eigenvalue weighted by Gasteiger charge is 2.14. The van der Waals surface area contributed by atoms with Crippen LogP contribution in [0.1, 0.15) is 15.9 Å². The summed E-state index contributed by atoms with van der Waals surface area (Å²) in [6.45, 7) is -0.235. The molecule has 98 valence electrons. The van der Waals surface area contributed by atoms with Gasteiger partial charge in [-0.3, -0.25) is 0 Å². The van der Waals surface area contributed by atoms with Crippen molar-refractivity contribution in [3.05, 3.63) is 69.7 Å². The Morgan fingerprint density at radius 3 is 2.53 bits per heavy atom. The first-order chi connectivity index (χ1) is 9.08. The van der Waals surface area contributed by atoms with Gasteiger partial charge in [-0.25, -0.2) is 13.6 Å². The van der Waals surface area contributed by atoms with Gasteiger partial charge in [0.25, 0.3) is 0 Å². The molecule has 19 heavy (non-hydrogen) atoms. The minimum absolute atomic E-state index is 0.181. The Kier molecular flexibility index (Phi) is 4.27. The molecular formula is C14H9BrF2O2. The molecule has 0 atom stereocenters. The smallest absolute Gasteiger partial charge is 0.341 e. The maximum absolute atomic E-state index is 13.5. The van der Waals surface area contributed by atoms with Crippen molar-refractivity contribution in [2.45, 2.75) is 6.61 Å². The topological polar surface area (TPSA) is 26.3 Å². The zero-order valence-corrected chi connectivity index (χ0v) is 11.3. The van der Waals surface area contributed by atoms with Crippen LogP contribution in [0.4, 0.5) is 8.78 Å². The van der Waals surface area contributed by atoms with Crippen LogP contribution in [0, 0.1) is 11.6 Å². The molecule has 0 saturated carbocycles. The molecule has 0 aliphatic rings. The Labute approximate surface area is 117 Å². The standard InChI is InChI=1S/C14H9BrF2O2/c15-10-5-6-11(13(17)7-10)14(18)19-8-9-3-1-2-4-12(9)16/h1-7H,8H2. The summed E-state index contributed by atoms with van der Waals surface area (Å²) in [7, 11) is 0. The largest absolute Gasteiger partial charge is 0.457 e. The highest BCUT2D eigenvalue weighted by atomic mass is 79.9. The molecule has 2 aromatic rings. The molecule has 0 bridgehead atoms. The fourth-order valence-electron chi connectivity index (χ4n) is 1.49. The maximum Gasteiger partial charge on any atom is 0.341 e. The Morgan fingerprint density at radius 2 is 1.84 bits per heavy atom. The third-order valence-electron chi connectivity index (χ3n) is 2.47. The molecule has 0 aliphatic heterocycles. The average Bonchev–Trinajstić information content (AvgIpc) is 2.37. The molecule has 5 heteroatoms. The summed E-state index contributed by atoms with van der Waals surface area (Å²) in [4.78, 5) is 11.7. The van der Waals surface area contributed by atoms with E-state index in [2.05, 4.69) is 15.9 Å². The monoisotopic (exact) mass is 326 g/mol. The summed E-state index contributed by atoms with van der Waals surface area (Å²) in [5.74, 6) is -1.98. The van der Waals surface area contributed by atoms with E-state index in [1.807, 2.05) is 0 Å². The van der Waals surface area contributed by atoms with Gasteiger partial charge in [0.2, 0.25) is 0 Å². The van der Waals surface area contributed by atoms with E-state index in [4.69, 9.17) is 4.74 Å². The van der Waals surface area contributed by atoms with Gasteiger partial charge in [0, 0.05) is 10.0 Å². The van der Waals surface area contributed by atoms with Gasteiger partial charge in [0.1, 0.15) is 18.2 Å². The van der Waals surface area contributed by atoms with Crippen molar-refractivity contribution >= 4 is 21.9 Å². The van der Waals surface area contributed by atoms with Crippen LogP contribution in [0.2, 0.25) is 0 Å². The molecule has 0 heterocycles. The van der Waals surface area contributed by atoms with Crippen molar-refractivity contribution in [3.8, 4) is 0 Å². The first kappa shape index (κ1) is 13.7. The van der Waals surface area contributed by atoms with E-state index in [0.29, 0.717) is 4.47 Å². The van der Waals surface area contributed by atoms with Crippen molar-refractivity contribution in [2.24, 2.45) is 0 Å². The Bertz CT molecular complexity index is 614. The van der Waals surface area contributed by atoms with Gasteiger partial charge < -0.3 is 4.74 Å². The molecule has 0 aromatic heterocycles. The van der Waals surface area contributed by atoms with Crippen LogP contribution in [0.15, 0.2) is 46.9 Å². The van der Waals surface area contributed by atoms with Crippen molar-refractivity contribution in [1.29, 1.82) is 0 Å². The molecule has 0 aliphatic carbocycles. The number of hydrogen-bond acceptors (Lipinski definition) is 2. The number of hydrogen-bond donors (Lipinski definition) is 0. The predicted octanol–water partition coefficient (Wildman–Crippen LogP) is 4.08. The van der Waals surface area contributed by atoms with Crippen molar-refractivity contribution in [2.75, 3.05) is 0 Å². The van der Waals surface area contributed by atoms with E-state index in [1.165, 1.54) is 36.4 Å². The molecule has 0 fully saturated rings. The van der Waals surface area contributed by atoms with Crippen LogP contribution in [0.5, 0.6) is 0 Å². The molecule has 0 unspecified atom stereocenters. The zero-order valence-electron chi connectivity index (χ0n) is 9.70. The number of carbonyl (C=O) groups is 1. The number of halogens is 3. The second-order valence-electron chi connectivity index (χ2n) is 3.79. The van der Waals surface area contributed by atoms with E-state index in [-0.39, 0.29) is 17.7 Å². The highest BCUT2D eigenvalue weighted by molar-refractivity contribution is 9.10. The van der Waals surface area contributed by atoms with E-state index in [1.54, 1.807) is 6.07 Å². The minimum Gasteiger partial charge on any atom is -0.457 e. The molecule has 0 radical (unpaired) electrons. The van der Waals surface area contributed by atoms with Gasteiger partial charge in [-0.05, 0) is 24.3 Å². The Morgan fingerprint density at radius 1 is 1.11 bits per heavy atom. The summed E-state index contributed by atoms with van der Waals surface area (Å²) in [5, 5.41) is 0. The molecule has 0 spiro atoms. The van der Waals surface area contributed by atoms with Crippen molar-refractivity contribution in [1.82, 2.24) is 0 Å². The second-order valence-corrected chi connectivity index (χ2v) is 4.71. The number of ether oxygens (including phenoxy) is 1. The number of rotatable bonds is 3. The number of carbonyl (C=O) groups excluding carboxylic acids is 1. The van der Waals surface area contributed by atoms with E-state index >= 15 is 0 Å². The first-order valence-corrected chi connectivity index (χ1v) is 6.23. The summed E-state index contributed by atoms with van der Waals surface area (Å²) < 4.78 is 32.2. The normalized spacial score (nSPS) is 10.3. The molecule has 0 amide bonds. The van der Waals surface area contributed by atoms with Gasteiger partial charge in [-0.2, -0.15) is 0 Å². The summed E-state index contributed by atoms with van der Waals surface area (Å²) >= 11 is 3.09. The third kappa shape index (κ3) is 3.38.